The molecule has 3 rings (SSSR count). The van der Waals surface area contributed by atoms with Crippen molar-refractivity contribution in [2.75, 3.05) is 26.1 Å². The van der Waals surface area contributed by atoms with E-state index in [2.05, 4.69) is 5.32 Å². The molecule has 0 unspecified atom stereocenters. The van der Waals surface area contributed by atoms with E-state index in [4.69, 9.17) is 14.2 Å². The Labute approximate surface area is 209 Å². The minimum atomic E-state index is -0.403. The molecule has 0 fully saturated rings. The number of Topliss-reactive ketones (excluding diaryl/α,β-unsaturated/α-hetero) is 2. The van der Waals surface area contributed by atoms with Crippen LogP contribution in [0, 0.1) is 0 Å². The van der Waals surface area contributed by atoms with E-state index in [-0.39, 0.29) is 41.8 Å². The fourth-order valence-electron chi connectivity index (χ4n) is 3.82. The number of ketones is 2. The maximum absolute atomic E-state index is 12.8. The first-order chi connectivity index (χ1) is 17.3. The van der Waals surface area contributed by atoms with Crippen molar-refractivity contribution < 1.29 is 33.4 Å². The van der Waals surface area contributed by atoms with Gasteiger partial charge in [0.2, 0.25) is 29.0 Å². The minimum absolute atomic E-state index is 0.0766. The Morgan fingerprint density at radius 1 is 0.833 bits per heavy atom. The summed E-state index contributed by atoms with van der Waals surface area (Å²) in [5.41, 5.74) is 3.56. The summed E-state index contributed by atoms with van der Waals surface area (Å²) in [7, 11) is 2.67. The van der Waals surface area contributed by atoms with Gasteiger partial charge in [-0.1, -0.05) is 24.3 Å². The topological polar surface area (TPSA) is 108 Å². The van der Waals surface area contributed by atoms with Gasteiger partial charge in [-0.15, -0.1) is 0 Å². The minimum Gasteiger partial charge on any atom is -0.489 e. The van der Waals surface area contributed by atoms with Crippen molar-refractivity contribution in [3.05, 3.63) is 87.9 Å². The van der Waals surface area contributed by atoms with Gasteiger partial charge in [0.05, 0.1) is 26.4 Å². The van der Waals surface area contributed by atoms with Crippen molar-refractivity contribution in [2.45, 2.75) is 33.1 Å². The van der Waals surface area contributed by atoms with E-state index in [0.29, 0.717) is 35.4 Å². The average Bonchev–Trinajstić information content (AvgIpc) is 2.88. The molecule has 0 heterocycles. The van der Waals surface area contributed by atoms with Gasteiger partial charge in [-0.05, 0) is 55.7 Å². The van der Waals surface area contributed by atoms with Gasteiger partial charge in [-0.2, -0.15) is 0 Å². The molecule has 2 aromatic rings. The van der Waals surface area contributed by atoms with E-state index in [1.807, 2.05) is 24.3 Å². The summed E-state index contributed by atoms with van der Waals surface area (Å²) in [5, 5.41) is 2.81. The lowest BCUT2D eigenvalue weighted by molar-refractivity contribution is -0.121. The van der Waals surface area contributed by atoms with E-state index >= 15 is 0 Å². The van der Waals surface area contributed by atoms with Gasteiger partial charge >= 0.3 is 5.97 Å². The van der Waals surface area contributed by atoms with Gasteiger partial charge in [-0.25, -0.2) is 4.79 Å². The summed E-state index contributed by atoms with van der Waals surface area (Å²) in [6.45, 7) is 3.65. The normalized spacial score (nSPS) is 13.6. The SMILES string of the molecule is CCOC(=O)c1ccc(NC(=O)CCc2ccc(CC3=C(C)C(=O)C(OC)=C(OC)C3=O)cc2)cc1. The highest BCUT2D eigenvalue weighted by Gasteiger charge is 2.34. The Morgan fingerprint density at radius 3 is 2.00 bits per heavy atom. The van der Waals surface area contributed by atoms with E-state index in [1.165, 1.54) is 14.2 Å². The molecule has 0 saturated carbocycles. The number of allylic oxidation sites excluding steroid dienone is 2. The summed E-state index contributed by atoms with van der Waals surface area (Å²) in [4.78, 5) is 49.4. The summed E-state index contributed by atoms with van der Waals surface area (Å²) in [5.74, 6) is -1.43. The van der Waals surface area contributed by atoms with Crippen LogP contribution in [0.4, 0.5) is 5.69 Å². The molecule has 8 heteroatoms. The van der Waals surface area contributed by atoms with Gasteiger partial charge in [0.25, 0.3) is 0 Å². The second kappa shape index (κ2) is 12.0. The molecule has 0 radical (unpaired) electrons. The van der Waals surface area contributed by atoms with Crippen molar-refractivity contribution in [1.82, 2.24) is 0 Å². The summed E-state index contributed by atoms with van der Waals surface area (Å²) in [6.07, 6.45) is 1.08. The molecular formula is C28H29NO7. The highest BCUT2D eigenvalue weighted by molar-refractivity contribution is 6.23. The van der Waals surface area contributed by atoms with Gasteiger partial charge in [0.15, 0.2) is 0 Å². The molecule has 36 heavy (non-hydrogen) atoms. The van der Waals surface area contributed by atoms with E-state index in [9.17, 15) is 19.2 Å². The number of hydrogen-bond donors (Lipinski definition) is 1. The second-order valence-corrected chi connectivity index (χ2v) is 8.17. The van der Waals surface area contributed by atoms with Gasteiger partial charge in [-0.3, -0.25) is 14.4 Å². The zero-order valence-electron chi connectivity index (χ0n) is 20.8. The summed E-state index contributed by atoms with van der Waals surface area (Å²) >= 11 is 0. The molecule has 0 aliphatic heterocycles. The summed E-state index contributed by atoms with van der Waals surface area (Å²) < 4.78 is 15.1. The first-order valence-electron chi connectivity index (χ1n) is 11.5. The number of anilines is 1. The van der Waals surface area contributed by atoms with Crippen LogP contribution in [0.25, 0.3) is 0 Å². The number of aryl methyl sites for hydroxylation is 1. The standard InChI is InChI=1S/C28H29NO7/c1-5-36-28(33)20-11-13-21(14-12-20)29-23(30)15-10-18-6-8-19(9-7-18)16-22-17(2)24(31)26(34-3)27(35-4)25(22)32/h6-9,11-14H,5,10,15-16H2,1-4H3,(H,29,30). The Balaban J connectivity index is 1.56. The van der Waals surface area contributed by atoms with Gasteiger partial charge in [0, 0.05) is 29.7 Å². The molecule has 8 nitrogen and oxygen atoms in total. The Kier molecular flexibility index (Phi) is 8.78. The van der Waals surface area contributed by atoms with Crippen LogP contribution in [0.5, 0.6) is 0 Å². The number of esters is 1. The van der Waals surface area contributed by atoms with Crippen molar-refractivity contribution in [3.8, 4) is 0 Å². The highest BCUT2D eigenvalue weighted by atomic mass is 16.5. The number of methoxy groups -OCH3 is 2. The zero-order valence-corrected chi connectivity index (χ0v) is 20.8. The van der Waals surface area contributed by atoms with Crippen LogP contribution in [0.1, 0.15) is 41.8 Å². The maximum atomic E-state index is 12.8. The molecule has 0 aromatic heterocycles. The van der Waals surface area contributed by atoms with E-state index < -0.39 is 5.97 Å². The zero-order chi connectivity index (χ0) is 26.2. The largest absolute Gasteiger partial charge is 0.489 e. The van der Waals surface area contributed by atoms with Gasteiger partial charge in [0.1, 0.15) is 0 Å². The molecular weight excluding hydrogens is 462 g/mol. The molecule has 188 valence electrons. The number of rotatable bonds is 10. The van der Waals surface area contributed by atoms with Crippen molar-refractivity contribution in [1.29, 1.82) is 0 Å². The van der Waals surface area contributed by atoms with E-state index in [0.717, 1.165) is 11.1 Å². The van der Waals surface area contributed by atoms with Crippen molar-refractivity contribution in [3.63, 3.8) is 0 Å². The predicted octanol–water partition coefficient (Wildman–Crippen LogP) is 3.95. The number of carbonyl (C=O) groups excluding carboxylic acids is 4. The highest BCUT2D eigenvalue weighted by Crippen LogP contribution is 2.28. The summed E-state index contributed by atoms with van der Waals surface area (Å²) in [6, 6.07) is 14.1. The number of nitrogens with one attached hydrogen (secondary N) is 1. The Bertz CT molecular complexity index is 1220. The number of hydrogen-bond acceptors (Lipinski definition) is 7. The van der Waals surface area contributed by atoms with Crippen LogP contribution in [0.3, 0.4) is 0 Å². The lowest BCUT2D eigenvalue weighted by atomic mass is 9.88. The molecule has 1 amide bonds. The Morgan fingerprint density at radius 2 is 1.42 bits per heavy atom. The van der Waals surface area contributed by atoms with Crippen LogP contribution in [-0.2, 0) is 41.4 Å². The van der Waals surface area contributed by atoms with Crippen molar-refractivity contribution in [2.24, 2.45) is 0 Å². The Hall–Kier alpha value is -4.20. The molecule has 0 atom stereocenters. The number of ether oxygens (including phenoxy) is 3. The van der Waals surface area contributed by atoms with Crippen molar-refractivity contribution >= 4 is 29.1 Å². The number of carbonyl (C=O) groups is 4. The predicted molar refractivity (Wildman–Crippen MR) is 133 cm³/mol. The van der Waals surface area contributed by atoms with Crippen LogP contribution < -0.4 is 5.32 Å². The van der Waals surface area contributed by atoms with Crippen LogP contribution in [0.2, 0.25) is 0 Å². The number of benzene rings is 2. The molecule has 0 spiro atoms. The molecule has 1 N–H and O–H groups in total. The first kappa shape index (κ1) is 26.4. The quantitative estimate of drug-likeness (QED) is 0.396. The average molecular weight is 492 g/mol. The first-order valence-corrected chi connectivity index (χ1v) is 11.5. The third kappa shape index (κ3) is 6.07. The van der Waals surface area contributed by atoms with Crippen LogP contribution in [-0.4, -0.2) is 44.3 Å². The second-order valence-electron chi connectivity index (χ2n) is 8.17. The third-order valence-corrected chi connectivity index (χ3v) is 5.82. The van der Waals surface area contributed by atoms with Crippen LogP contribution in [0.15, 0.2) is 71.2 Å². The molecule has 0 saturated heterocycles. The molecule has 1 aliphatic rings. The maximum Gasteiger partial charge on any atom is 0.338 e. The lowest BCUT2D eigenvalue weighted by Gasteiger charge is -2.20. The fourth-order valence-corrected chi connectivity index (χ4v) is 3.82. The molecule has 2 aromatic carbocycles. The smallest absolute Gasteiger partial charge is 0.338 e. The third-order valence-electron chi connectivity index (χ3n) is 5.82. The monoisotopic (exact) mass is 491 g/mol. The number of amides is 1. The molecule has 0 bridgehead atoms. The fraction of sp³-hybridized carbons (Fsp3) is 0.286. The van der Waals surface area contributed by atoms with E-state index in [1.54, 1.807) is 38.1 Å². The van der Waals surface area contributed by atoms with Crippen LogP contribution >= 0.6 is 0 Å². The van der Waals surface area contributed by atoms with Gasteiger partial charge < -0.3 is 19.5 Å². The lowest BCUT2D eigenvalue weighted by Crippen LogP contribution is -2.26. The molecule has 1 aliphatic carbocycles.